The number of likely N-dealkylation sites (tertiary alicyclic amines) is 1. The molecule has 1 aromatic carbocycles. The van der Waals surface area contributed by atoms with Crippen molar-refractivity contribution in [1.29, 1.82) is 0 Å². The van der Waals surface area contributed by atoms with E-state index in [1.165, 1.54) is 18.2 Å². The lowest BCUT2D eigenvalue weighted by Gasteiger charge is -2.29. The van der Waals surface area contributed by atoms with E-state index in [1.54, 1.807) is 0 Å². The van der Waals surface area contributed by atoms with E-state index >= 15 is 0 Å². The number of benzene rings is 1. The molecule has 1 fully saturated rings. The minimum Gasteiger partial charge on any atom is -0.341 e. The quantitative estimate of drug-likeness (QED) is 0.834. The summed E-state index contributed by atoms with van der Waals surface area (Å²) in [5, 5.41) is 0. The van der Waals surface area contributed by atoms with Crippen LogP contribution < -0.4 is 4.90 Å². The number of para-hydroxylation sites is 1. The third-order valence-electron chi connectivity index (χ3n) is 3.45. The smallest absolute Gasteiger partial charge is 0.242 e. The first-order valence-corrected chi connectivity index (χ1v) is 6.79. The molecule has 0 unspecified atom stereocenters. The summed E-state index contributed by atoms with van der Waals surface area (Å²) in [7, 11) is 0. The van der Waals surface area contributed by atoms with E-state index in [0.717, 1.165) is 31.6 Å². The Labute approximate surface area is 114 Å². The number of anilines is 1. The van der Waals surface area contributed by atoms with Crippen LogP contribution in [0.2, 0.25) is 0 Å². The number of piperidine rings is 1. The lowest BCUT2D eigenvalue weighted by Crippen LogP contribution is -2.44. The van der Waals surface area contributed by atoms with Crippen molar-refractivity contribution in [2.75, 3.05) is 24.5 Å². The minimum absolute atomic E-state index is 0.0405. The number of hydrogen-bond acceptors (Lipinski definition) is 2. The Morgan fingerprint density at radius 3 is 2.32 bits per heavy atom. The average molecular weight is 260 g/mol. The number of amides is 2. The van der Waals surface area contributed by atoms with Gasteiger partial charge in [0.05, 0.1) is 0 Å². The predicted molar refractivity (Wildman–Crippen MR) is 74.9 cm³/mol. The van der Waals surface area contributed by atoms with Gasteiger partial charge in [-0.15, -0.1) is 0 Å². The van der Waals surface area contributed by atoms with Crippen molar-refractivity contribution in [3.63, 3.8) is 0 Å². The highest BCUT2D eigenvalue weighted by molar-refractivity contribution is 5.97. The molecule has 2 rings (SSSR count). The zero-order valence-corrected chi connectivity index (χ0v) is 11.3. The molecular formula is C15H20N2O2. The standard InChI is InChI=1S/C15H20N2O2/c1-13(18)17(14-8-4-2-5-9-14)12-15(19)16-10-6-3-7-11-16/h2,4-5,8-9H,3,6-7,10-12H2,1H3. The summed E-state index contributed by atoms with van der Waals surface area (Å²) in [6, 6.07) is 9.34. The molecule has 0 aromatic heterocycles. The van der Waals surface area contributed by atoms with E-state index in [-0.39, 0.29) is 18.4 Å². The molecule has 0 bridgehead atoms. The van der Waals surface area contributed by atoms with Crippen molar-refractivity contribution in [2.45, 2.75) is 26.2 Å². The number of nitrogens with zero attached hydrogens (tertiary/aromatic N) is 2. The third kappa shape index (κ3) is 3.56. The summed E-state index contributed by atoms with van der Waals surface area (Å²) in [5.74, 6) is -0.0599. The van der Waals surface area contributed by atoms with Crippen LogP contribution in [-0.2, 0) is 9.59 Å². The van der Waals surface area contributed by atoms with Gasteiger partial charge in [0.2, 0.25) is 11.8 Å². The van der Waals surface area contributed by atoms with E-state index in [2.05, 4.69) is 0 Å². The lowest BCUT2D eigenvalue weighted by atomic mass is 10.1. The molecule has 102 valence electrons. The summed E-state index contributed by atoms with van der Waals surface area (Å²) in [4.78, 5) is 27.3. The fraction of sp³-hybridized carbons (Fsp3) is 0.467. The second-order valence-corrected chi connectivity index (χ2v) is 4.88. The van der Waals surface area contributed by atoms with E-state index < -0.39 is 0 Å². The molecular weight excluding hydrogens is 240 g/mol. The maximum absolute atomic E-state index is 12.2. The summed E-state index contributed by atoms with van der Waals surface area (Å²) in [6.07, 6.45) is 3.33. The van der Waals surface area contributed by atoms with Crippen molar-refractivity contribution in [3.05, 3.63) is 30.3 Å². The molecule has 1 aliphatic rings. The summed E-state index contributed by atoms with van der Waals surface area (Å²) >= 11 is 0. The van der Waals surface area contributed by atoms with Gasteiger partial charge in [-0.3, -0.25) is 9.59 Å². The molecule has 1 saturated heterocycles. The molecule has 19 heavy (non-hydrogen) atoms. The molecule has 0 radical (unpaired) electrons. The van der Waals surface area contributed by atoms with Crippen LogP contribution in [0.1, 0.15) is 26.2 Å². The third-order valence-corrected chi connectivity index (χ3v) is 3.45. The van der Waals surface area contributed by atoms with Crippen molar-refractivity contribution in [3.8, 4) is 0 Å². The predicted octanol–water partition coefficient (Wildman–Crippen LogP) is 2.05. The van der Waals surface area contributed by atoms with Crippen LogP contribution in [0, 0.1) is 0 Å². The van der Waals surface area contributed by atoms with E-state index in [9.17, 15) is 9.59 Å². The number of hydrogen-bond donors (Lipinski definition) is 0. The van der Waals surface area contributed by atoms with Gasteiger partial charge in [0, 0.05) is 25.7 Å². The molecule has 0 N–H and O–H groups in total. The Hall–Kier alpha value is -1.84. The molecule has 0 aliphatic carbocycles. The minimum atomic E-state index is -0.100. The van der Waals surface area contributed by atoms with Crippen molar-refractivity contribution in [1.82, 2.24) is 4.90 Å². The largest absolute Gasteiger partial charge is 0.341 e. The molecule has 4 heteroatoms. The molecule has 4 nitrogen and oxygen atoms in total. The maximum Gasteiger partial charge on any atom is 0.242 e. The van der Waals surface area contributed by atoms with Crippen LogP contribution >= 0.6 is 0 Å². The number of carbonyl (C=O) groups is 2. The normalized spacial score (nSPS) is 15.1. The first kappa shape index (κ1) is 13.6. The molecule has 1 aliphatic heterocycles. The van der Waals surface area contributed by atoms with Gasteiger partial charge < -0.3 is 9.80 Å². The number of carbonyl (C=O) groups excluding carboxylic acids is 2. The Morgan fingerprint density at radius 1 is 1.11 bits per heavy atom. The van der Waals surface area contributed by atoms with Gasteiger partial charge in [-0.05, 0) is 31.4 Å². The van der Waals surface area contributed by atoms with Crippen LogP contribution in [0.15, 0.2) is 30.3 Å². The van der Waals surface area contributed by atoms with Gasteiger partial charge in [0.25, 0.3) is 0 Å². The van der Waals surface area contributed by atoms with Crippen molar-refractivity contribution < 1.29 is 9.59 Å². The van der Waals surface area contributed by atoms with Gasteiger partial charge in [0.1, 0.15) is 6.54 Å². The van der Waals surface area contributed by atoms with Crippen molar-refractivity contribution in [2.24, 2.45) is 0 Å². The molecule has 0 saturated carbocycles. The number of rotatable bonds is 3. The summed E-state index contributed by atoms with van der Waals surface area (Å²) in [5.41, 5.74) is 0.778. The average Bonchev–Trinajstić information content (AvgIpc) is 2.46. The van der Waals surface area contributed by atoms with E-state index in [0.29, 0.717) is 0 Å². The first-order chi connectivity index (χ1) is 9.18. The zero-order valence-electron chi connectivity index (χ0n) is 11.3. The van der Waals surface area contributed by atoms with E-state index in [1.807, 2.05) is 35.2 Å². The SMILES string of the molecule is CC(=O)N(CC(=O)N1CCCCC1)c1ccccc1. The monoisotopic (exact) mass is 260 g/mol. The highest BCUT2D eigenvalue weighted by Gasteiger charge is 2.21. The van der Waals surface area contributed by atoms with Gasteiger partial charge in [-0.25, -0.2) is 0 Å². The topological polar surface area (TPSA) is 40.6 Å². The lowest BCUT2D eigenvalue weighted by molar-refractivity contribution is -0.132. The highest BCUT2D eigenvalue weighted by Crippen LogP contribution is 2.15. The van der Waals surface area contributed by atoms with Gasteiger partial charge >= 0.3 is 0 Å². The van der Waals surface area contributed by atoms with Gasteiger partial charge in [-0.2, -0.15) is 0 Å². The van der Waals surface area contributed by atoms with Crippen LogP contribution in [0.5, 0.6) is 0 Å². The van der Waals surface area contributed by atoms with Crippen LogP contribution in [0.3, 0.4) is 0 Å². The van der Waals surface area contributed by atoms with Gasteiger partial charge in [0.15, 0.2) is 0 Å². The first-order valence-electron chi connectivity index (χ1n) is 6.79. The highest BCUT2D eigenvalue weighted by atomic mass is 16.2. The fourth-order valence-electron chi connectivity index (χ4n) is 2.37. The second-order valence-electron chi connectivity index (χ2n) is 4.88. The molecule has 0 atom stereocenters. The Morgan fingerprint density at radius 2 is 1.74 bits per heavy atom. The summed E-state index contributed by atoms with van der Waals surface area (Å²) < 4.78 is 0. The van der Waals surface area contributed by atoms with Crippen LogP contribution in [0.25, 0.3) is 0 Å². The Balaban J connectivity index is 2.04. The molecule has 2 amide bonds. The van der Waals surface area contributed by atoms with Crippen LogP contribution in [0.4, 0.5) is 5.69 Å². The zero-order chi connectivity index (χ0) is 13.7. The van der Waals surface area contributed by atoms with E-state index in [4.69, 9.17) is 0 Å². The fourth-order valence-corrected chi connectivity index (χ4v) is 2.37. The molecule has 0 spiro atoms. The Bertz CT molecular complexity index is 439. The van der Waals surface area contributed by atoms with Crippen LogP contribution in [-0.4, -0.2) is 36.3 Å². The second kappa shape index (κ2) is 6.36. The summed E-state index contributed by atoms with van der Waals surface area (Å²) in [6.45, 7) is 3.27. The maximum atomic E-state index is 12.2. The molecule has 1 aromatic rings. The van der Waals surface area contributed by atoms with Crippen molar-refractivity contribution >= 4 is 17.5 Å². The molecule has 1 heterocycles. The van der Waals surface area contributed by atoms with Gasteiger partial charge in [-0.1, -0.05) is 18.2 Å². The Kier molecular flexibility index (Phi) is 4.55.